The van der Waals surface area contributed by atoms with E-state index in [0.29, 0.717) is 18.9 Å². The second-order valence-electron chi connectivity index (χ2n) is 5.84. The number of hydrogen-bond acceptors (Lipinski definition) is 4. The maximum atomic E-state index is 12.6. The van der Waals surface area contributed by atoms with Gasteiger partial charge in [0.1, 0.15) is 22.2 Å². The van der Waals surface area contributed by atoms with Crippen molar-refractivity contribution in [3.05, 3.63) is 29.8 Å². The lowest BCUT2D eigenvalue weighted by molar-refractivity contribution is -0.137. The summed E-state index contributed by atoms with van der Waals surface area (Å²) >= 11 is 0. The van der Waals surface area contributed by atoms with Crippen molar-refractivity contribution in [1.82, 2.24) is 10.6 Å². The van der Waals surface area contributed by atoms with Crippen molar-refractivity contribution in [3.8, 4) is 5.75 Å². The fraction of sp³-hybridized carbons (Fsp3) is 0.562. The van der Waals surface area contributed by atoms with Crippen LogP contribution in [-0.4, -0.2) is 52.6 Å². The molecule has 0 aliphatic carbocycles. The molecule has 0 bridgehead atoms. The van der Waals surface area contributed by atoms with Gasteiger partial charge in [0.25, 0.3) is 0 Å². The Labute approximate surface area is 174 Å². The van der Waals surface area contributed by atoms with Crippen LogP contribution >= 0.6 is 24.0 Å². The molecule has 1 unspecified atom stereocenters. The summed E-state index contributed by atoms with van der Waals surface area (Å²) < 4.78 is 65.5. The summed E-state index contributed by atoms with van der Waals surface area (Å²) in [5.41, 5.74) is -0.764. The minimum absolute atomic E-state index is 0. The molecular formula is C16H25F3IN3O3S. The Balaban J connectivity index is 0.00000676. The molecule has 0 aliphatic rings. The topological polar surface area (TPSA) is 79.8 Å². The number of benzene rings is 1. The first kappa shape index (κ1) is 25.8. The molecule has 6 nitrogen and oxygen atoms in total. The van der Waals surface area contributed by atoms with Crippen LogP contribution in [0.3, 0.4) is 0 Å². The molecule has 0 saturated heterocycles. The van der Waals surface area contributed by atoms with Crippen LogP contribution in [0.15, 0.2) is 29.3 Å². The van der Waals surface area contributed by atoms with E-state index < -0.39 is 21.6 Å². The largest absolute Gasteiger partial charge is 0.492 e. The zero-order valence-electron chi connectivity index (χ0n) is 15.3. The lowest BCUT2D eigenvalue weighted by atomic mass is 10.2. The average Bonchev–Trinajstić information content (AvgIpc) is 2.54. The van der Waals surface area contributed by atoms with Gasteiger partial charge in [0.2, 0.25) is 0 Å². The third-order valence-corrected chi connectivity index (χ3v) is 4.33. The van der Waals surface area contributed by atoms with E-state index in [2.05, 4.69) is 15.6 Å². The summed E-state index contributed by atoms with van der Waals surface area (Å²) in [6, 6.07) is 4.56. The van der Waals surface area contributed by atoms with E-state index >= 15 is 0 Å². The Morgan fingerprint density at radius 2 is 2.00 bits per heavy atom. The maximum absolute atomic E-state index is 12.6. The van der Waals surface area contributed by atoms with Crippen LogP contribution in [0.25, 0.3) is 0 Å². The van der Waals surface area contributed by atoms with Crippen molar-refractivity contribution in [2.45, 2.75) is 25.6 Å². The highest BCUT2D eigenvalue weighted by molar-refractivity contribution is 14.0. The van der Waals surface area contributed by atoms with Crippen LogP contribution in [0.1, 0.15) is 18.9 Å². The second kappa shape index (κ2) is 11.6. The lowest BCUT2D eigenvalue weighted by Crippen LogP contribution is -2.44. The van der Waals surface area contributed by atoms with E-state index in [9.17, 15) is 21.6 Å². The van der Waals surface area contributed by atoms with E-state index in [-0.39, 0.29) is 48.1 Å². The molecule has 1 atom stereocenters. The van der Waals surface area contributed by atoms with Gasteiger partial charge in [-0.05, 0) is 31.5 Å². The molecule has 11 heteroatoms. The summed E-state index contributed by atoms with van der Waals surface area (Å²) in [6.45, 7) is 2.28. The molecule has 0 aromatic heterocycles. The first-order valence-corrected chi connectivity index (χ1v) is 10.0. The van der Waals surface area contributed by atoms with Crippen LogP contribution in [0.4, 0.5) is 13.2 Å². The molecule has 0 heterocycles. The molecule has 1 rings (SSSR count). The van der Waals surface area contributed by atoms with E-state index in [1.807, 2.05) is 6.92 Å². The number of guanidine groups is 1. The number of rotatable bonds is 8. The number of sulfone groups is 1. The molecule has 27 heavy (non-hydrogen) atoms. The standard InChI is InChI=1S/C16H24F3N3O3S.HI/c1-12(7-10-26(3,23)24)22-15(20-2)21-8-9-25-14-6-4-5-13(11-14)16(17,18)19;/h4-6,11-12H,7-10H2,1-3H3,(H2,20,21,22);1H. The number of alkyl halides is 3. The summed E-state index contributed by atoms with van der Waals surface area (Å²) in [7, 11) is -1.47. The molecule has 1 aromatic carbocycles. The number of ether oxygens (including phenoxy) is 1. The third kappa shape index (κ3) is 11.3. The second-order valence-corrected chi connectivity index (χ2v) is 8.10. The van der Waals surface area contributed by atoms with Gasteiger partial charge in [-0.1, -0.05) is 6.07 Å². The SMILES string of the molecule is CN=C(NCCOc1cccc(C(F)(F)F)c1)NC(C)CCS(C)(=O)=O.I. The van der Waals surface area contributed by atoms with Gasteiger partial charge in [-0.15, -0.1) is 24.0 Å². The zero-order chi connectivity index (χ0) is 19.8. The first-order valence-electron chi connectivity index (χ1n) is 7.96. The average molecular weight is 523 g/mol. The van der Waals surface area contributed by atoms with E-state index in [1.165, 1.54) is 18.4 Å². The van der Waals surface area contributed by atoms with Crippen molar-refractivity contribution in [1.29, 1.82) is 0 Å². The highest BCUT2D eigenvalue weighted by Crippen LogP contribution is 2.31. The number of hydrogen-bond donors (Lipinski definition) is 2. The van der Waals surface area contributed by atoms with Crippen LogP contribution in [0.2, 0.25) is 0 Å². The number of nitrogens with zero attached hydrogens (tertiary/aromatic N) is 1. The highest BCUT2D eigenvalue weighted by atomic mass is 127. The summed E-state index contributed by atoms with van der Waals surface area (Å²) in [5, 5.41) is 5.99. The summed E-state index contributed by atoms with van der Waals surface area (Å²) in [4.78, 5) is 4.00. The third-order valence-electron chi connectivity index (χ3n) is 3.35. The lowest BCUT2D eigenvalue weighted by Gasteiger charge is -2.18. The molecule has 0 aliphatic heterocycles. The summed E-state index contributed by atoms with van der Waals surface area (Å²) in [6.07, 6.45) is -2.80. The van der Waals surface area contributed by atoms with Crippen LogP contribution in [-0.2, 0) is 16.0 Å². The van der Waals surface area contributed by atoms with Gasteiger partial charge in [0, 0.05) is 19.3 Å². The Hall–Kier alpha value is -1.24. The van der Waals surface area contributed by atoms with E-state index in [4.69, 9.17) is 4.74 Å². The quantitative estimate of drug-likeness (QED) is 0.237. The molecule has 0 fully saturated rings. The van der Waals surface area contributed by atoms with Crippen molar-refractivity contribution >= 4 is 39.8 Å². The highest BCUT2D eigenvalue weighted by Gasteiger charge is 2.30. The van der Waals surface area contributed by atoms with Crippen LogP contribution in [0.5, 0.6) is 5.75 Å². The molecule has 1 aromatic rings. The Morgan fingerprint density at radius 1 is 1.33 bits per heavy atom. The molecule has 0 radical (unpaired) electrons. The molecule has 2 N–H and O–H groups in total. The van der Waals surface area contributed by atoms with Crippen LogP contribution < -0.4 is 15.4 Å². The van der Waals surface area contributed by atoms with Gasteiger partial charge in [-0.2, -0.15) is 13.2 Å². The predicted molar refractivity (Wildman–Crippen MR) is 111 cm³/mol. The predicted octanol–water partition coefficient (Wildman–Crippen LogP) is 2.69. The van der Waals surface area contributed by atoms with Crippen molar-refractivity contribution in [2.24, 2.45) is 4.99 Å². The monoisotopic (exact) mass is 523 g/mol. The molecule has 0 spiro atoms. The van der Waals surface area contributed by atoms with Gasteiger partial charge in [-0.25, -0.2) is 8.42 Å². The zero-order valence-corrected chi connectivity index (χ0v) is 18.5. The minimum atomic E-state index is -4.41. The number of halogens is 4. The van der Waals surface area contributed by atoms with Crippen molar-refractivity contribution in [3.63, 3.8) is 0 Å². The maximum Gasteiger partial charge on any atom is 0.416 e. The fourth-order valence-corrected chi connectivity index (χ4v) is 2.77. The minimum Gasteiger partial charge on any atom is -0.492 e. The van der Waals surface area contributed by atoms with E-state index in [0.717, 1.165) is 12.1 Å². The van der Waals surface area contributed by atoms with Gasteiger partial charge >= 0.3 is 6.18 Å². The van der Waals surface area contributed by atoms with Gasteiger partial charge < -0.3 is 15.4 Å². The smallest absolute Gasteiger partial charge is 0.416 e. The molecular weight excluding hydrogens is 498 g/mol. The van der Waals surface area contributed by atoms with Crippen molar-refractivity contribution < 1.29 is 26.3 Å². The fourth-order valence-electron chi connectivity index (χ4n) is 1.99. The first-order chi connectivity index (χ1) is 12.0. The molecule has 0 amide bonds. The molecule has 0 saturated carbocycles. The Morgan fingerprint density at radius 3 is 2.56 bits per heavy atom. The van der Waals surface area contributed by atoms with Crippen molar-refractivity contribution in [2.75, 3.05) is 32.2 Å². The normalized spacial score (nSPS) is 13.5. The van der Waals surface area contributed by atoms with Gasteiger partial charge in [-0.3, -0.25) is 4.99 Å². The number of aliphatic imine (C=N–C) groups is 1. The Kier molecular flexibility index (Phi) is 11.0. The van der Waals surface area contributed by atoms with E-state index in [1.54, 1.807) is 7.05 Å². The van der Waals surface area contributed by atoms with Gasteiger partial charge in [0.05, 0.1) is 17.9 Å². The Bertz CT molecular complexity index is 712. The van der Waals surface area contributed by atoms with Crippen LogP contribution in [0, 0.1) is 0 Å². The number of nitrogens with one attached hydrogen (secondary N) is 2. The summed E-state index contributed by atoms with van der Waals surface area (Å²) in [5.74, 6) is 0.654. The van der Waals surface area contributed by atoms with Gasteiger partial charge in [0.15, 0.2) is 5.96 Å². The molecule has 156 valence electrons.